The SMILES string of the molecule is CN(C)S(=O)(=O)c1cc(Cl)c(N2N=C(Nc3ccc(S(=O)(=O)F)cc3Cl)CC2=O)c(Cl)c1. The molecule has 0 saturated carbocycles. The van der Waals surface area contributed by atoms with Crippen molar-refractivity contribution in [3.63, 3.8) is 0 Å². The molecule has 32 heavy (non-hydrogen) atoms. The fourth-order valence-corrected chi connectivity index (χ4v) is 5.20. The first-order chi connectivity index (χ1) is 14.7. The maximum Gasteiger partial charge on any atom is 0.332 e. The molecule has 15 heteroatoms. The number of rotatable bonds is 5. The van der Waals surface area contributed by atoms with Gasteiger partial charge in [-0.05, 0) is 30.3 Å². The standard InChI is InChI=1S/C17H14Cl3FN4O5S2/c1-24(2)32(29,30)10-6-12(19)17(13(20)7-10)25-16(26)8-15(23-25)22-14-4-3-9(5-11(14)18)31(21,27)28/h3-7H,8H2,1-2H3,(H,22,23). The van der Waals surface area contributed by atoms with Crippen molar-refractivity contribution in [1.82, 2.24) is 4.31 Å². The molecule has 1 heterocycles. The number of nitrogens with one attached hydrogen (secondary N) is 1. The van der Waals surface area contributed by atoms with E-state index in [0.29, 0.717) is 0 Å². The molecule has 0 spiro atoms. The third-order valence-electron chi connectivity index (χ3n) is 4.26. The van der Waals surface area contributed by atoms with Crippen LogP contribution in [-0.2, 0) is 25.0 Å². The second-order valence-electron chi connectivity index (χ2n) is 6.66. The van der Waals surface area contributed by atoms with Crippen molar-refractivity contribution in [3.05, 3.63) is 45.4 Å². The highest BCUT2D eigenvalue weighted by Gasteiger charge is 2.31. The number of sulfonamides is 1. The van der Waals surface area contributed by atoms with E-state index in [-0.39, 0.29) is 43.6 Å². The number of nitrogens with zero attached hydrogens (tertiary/aromatic N) is 3. The van der Waals surface area contributed by atoms with Gasteiger partial charge in [0.1, 0.15) is 16.4 Å². The Labute approximate surface area is 198 Å². The van der Waals surface area contributed by atoms with Gasteiger partial charge in [0.2, 0.25) is 10.0 Å². The summed E-state index contributed by atoms with van der Waals surface area (Å²) < 4.78 is 60.7. The average Bonchev–Trinajstić information content (AvgIpc) is 3.01. The third-order valence-corrected chi connectivity index (χ3v) is 7.76. The Kier molecular flexibility index (Phi) is 6.76. The van der Waals surface area contributed by atoms with Crippen LogP contribution in [0.25, 0.3) is 0 Å². The van der Waals surface area contributed by atoms with E-state index in [1.807, 2.05) is 0 Å². The van der Waals surface area contributed by atoms with Crippen molar-refractivity contribution in [2.45, 2.75) is 16.2 Å². The largest absolute Gasteiger partial charge is 0.341 e. The van der Waals surface area contributed by atoms with Gasteiger partial charge in [0.15, 0.2) is 0 Å². The normalized spacial score (nSPS) is 14.8. The molecule has 0 fully saturated rings. The van der Waals surface area contributed by atoms with E-state index >= 15 is 0 Å². The van der Waals surface area contributed by atoms with Crippen LogP contribution in [-0.4, -0.2) is 47.0 Å². The number of hydrogen-bond donors (Lipinski definition) is 1. The van der Waals surface area contributed by atoms with Crippen molar-refractivity contribution < 1.29 is 25.5 Å². The predicted octanol–water partition coefficient (Wildman–Crippen LogP) is 3.72. The minimum absolute atomic E-state index is 0.0159. The molecule has 0 bridgehead atoms. The molecule has 2 aromatic rings. The molecule has 1 amide bonds. The van der Waals surface area contributed by atoms with Crippen molar-refractivity contribution in [2.24, 2.45) is 5.10 Å². The topological polar surface area (TPSA) is 116 Å². The monoisotopic (exact) mass is 542 g/mol. The minimum Gasteiger partial charge on any atom is -0.341 e. The summed E-state index contributed by atoms with van der Waals surface area (Å²) in [6.07, 6.45) is -0.218. The Morgan fingerprint density at radius 2 is 1.56 bits per heavy atom. The number of amidine groups is 1. The number of carbonyl (C=O) groups is 1. The van der Waals surface area contributed by atoms with Gasteiger partial charge in [-0.3, -0.25) is 4.79 Å². The minimum atomic E-state index is -4.93. The lowest BCUT2D eigenvalue weighted by Crippen LogP contribution is -2.23. The van der Waals surface area contributed by atoms with E-state index in [0.717, 1.165) is 33.6 Å². The summed E-state index contributed by atoms with van der Waals surface area (Å²) >= 11 is 18.4. The summed E-state index contributed by atoms with van der Waals surface area (Å²) in [5.74, 6) is -0.413. The van der Waals surface area contributed by atoms with Crippen LogP contribution in [0.15, 0.2) is 45.2 Å². The summed E-state index contributed by atoms with van der Waals surface area (Å²) in [7, 11) is -6.06. The Hall–Kier alpha value is -1.96. The quantitative estimate of drug-likeness (QED) is 0.575. The Bertz CT molecular complexity index is 1340. The van der Waals surface area contributed by atoms with E-state index in [1.54, 1.807) is 0 Å². The Morgan fingerprint density at radius 3 is 2.06 bits per heavy atom. The highest BCUT2D eigenvalue weighted by molar-refractivity contribution is 7.89. The first kappa shape index (κ1) is 24.7. The zero-order valence-electron chi connectivity index (χ0n) is 16.3. The molecule has 0 aliphatic carbocycles. The molecule has 1 aliphatic heterocycles. The van der Waals surface area contributed by atoms with Crippen LogP contribution in [0.2, 0.25) is 15.1 Å². The van der Waals surface area contributed by atoms with Gasteiger partial charge in [-0.1, -0.05) is 34.8 Å². The van der Waals surface area contributed by atoms with Gasteiger partial charge in [0.05, 0.1) is 32.1 Å². The number of carbonyl (C=O) groups excluding carboxylic acids is 1. The summed E-state index contributed by atoms with van der Waals surface area (Å²) in [5, 5.41) is 7.42. The van der Waals surface area contributed by atoms with Crippen LogP contribution in [0.5, 0.6) is 0 Å². The summed E-state index contributed by atoms with van der Waals surface area (Å²) in [4.78, 5) is 11.7. The van der Waals surface area contributed by atoms with Gasteiger partial charge in [-0.15, -0.1) is 3.89 Å². The first-order valence-corrected chi connectivity index (χ1v) is 12.5. The lowest BCUT2D eigenvalue weighted by Gasteiger charge is -2.18. The summed E-state index contributed by atoms with van der Waals surface area (Å²) in [6, 6.07) is 5.42. The number of amides is 1. The van der Waals surface area contributed by atoms with E-state index < -0.39 is 31.0 Å². The smallest absolute Gasteiger partial charge is 0.332 e. The maximum absolute atomic E-state index is 13.1. The lowest BCUT2D eigenvalue weighted by atomic mass is 10.3. The van der Waals surface area contributed by atoms with Gasteiger partial charge in [-0.25, -0.2) is 12.7 Å². The highest BCUT2D eigenvalue weighted by atomic mass is 35.5. The zero-order chi connectivity index (χ0) is 24.0. The van der Waals surface area contributed by atoms with E-state index in [2.05, 4.69) is 10.4 Å². The van der Waals surface area contributed by atoms with E-state index in [1.165, 1.54) is 20.2 Å². The predicted molar refractivity (Wildman–Crippen MR) is 120 cm³/mol. The first-order valence-electron chi connectivity index (χ1n) is 8.55. The third kappa shape index (κ3) is 4.85. The second kappa shape index (κ2) is 8.76. The molecule has 9 nitrogen and oxygen atoms in total. The van der Waals surface area contributed by atoms with Crippen LogP contribution >= 0.6 is 34.8 Å². The number of hydrogen-bond acceptors (Lipinski definition) is 7. The van der Waals surface area contributed by atoms with Gasteiger partial charge >= 0.3 is 10.2 Å². The van der Waals surface area contributed by atoms with Crippen LogP contribution in [0.3, 0.4) is 0 Å². The van der Waals surface area contributed by atoms with Gasteiger partial charge in [-0.2, -0.15) is 18.5 Å². The molecule has 0 unspecified atom stereocenters. The molecule has 3 rings (SSSR count). The fourth-order valence-electron chi connectivity index (χ4n) is 2.68. The van der Waals surface area contributed by atoms with Crippen molar-refractivity contribution >= 4 is 78.2 Å². The second-order valence-corrected chi connectivity index (χ2v) is 11.4. The summed E-state index contributed by atoms with van der Waals surface area (Å²) in [5.41, 5.74) is 0.162. The number of hydrazone groups is 1. The molecule has 0 aromatic heterocycles. The van der Waals surface area contributed by atoms with E-state index in [9.17, 15) is 25.5 Å². The molecule has 0 radical (unpaired) electrons. The van der Waals surface area contributed by atoms with Gasteiger partial charge in [0, 0.05) is 14.1 Å². The summed E-state index contributed by atoms with van der Waals surface area (Å²) in [6.45, 7) is 0. The number of anilines is 2. The molecular weight excluding hydrogens is 530 g/mol. The van der Waals surface area contributed by atoms with Crippen molar-refractivity contribution in [1.29, 1.82) is 0 Å². The molecular formula is C17H14Cl3FN4O5S2. The average molecular weight is 544 g/mol. The van der Waals surface area contributed by atoms with Crippen molar-refractivity contribution in [3.8, 4) is 0 Å². The molecule has 0 atom stereocenters. The molecule has 2 aromatic carbocycles. The fraction of sp³-hybridized carbons (Fsp3) is 0.176. The van der Waals surface area contributed by atoms with Crippen LogP contribution in [0.4, 0.5) is 15.3 Å². The lowest BCUT2D eigenvalue weighted by molar-refractivity contribution is -0.116. The molecule has 0 saturated heterocycles. The highest BCUT2D eigenvalue weighted by Crippen LogP contribution is 2.39. The van der Waals surface area contributed by atoms with Crippen molar-refractivity contribution in [2.75, 3.05) is 24.4 Å². The Balaban J connectivity index is 1.93. The van der Waals surface area contributed by atoms with Gasteiger partial charge < -0.3 is 5.32 Å². The van der Waals surface area contributed by atoms with E-state index in [4.69, 9.17) is 34.8 Å². The number of benzene rings is 2. The molecule has 1 aliphatic rings. The van der Waals surface area contributed by atoms with Gasteiger partial charge in [0.25, 0.3) is 5.91 Å². The molecule has 1 N–H and O–H groups in total. The molecule has 172 valence electrons. The number of halogens is 4. The van der Waals surface area contributed by atoms with Crippen LogP contribution < -0.4 is 10.3 Å². The van der Waals surface area contributed by atoms with Crippen LogP contribution in [0.1, 0.15) is 6.42 Å². The maximum atomic E-state index is 13.1. The zero-order valence-corrected chi connectivity index (χ0v) is 20.2. The van der Waals surface area contributed by atoms with Crippen LogP contribution in [0, 0.1) is 0 Å². The Morgan fingerprint density at radius 1 is 1.00 bits per heavy atom.